The third-order valence-electron chi connectivity index (χ3n) is 6.38. The minimum absolute atomic E-state index is 0.0624. The van der Waals surface area contributed by atoms with E-state index in [1.165, 1.54) is 6.42 Å². The predicted octanol–water partition coefficient (Wildman–Crippen LogP) is 4.00. The van der Waals surface area contributed by atoms with Gasteiger partial charge in [0.05, 0.1) is 0 Å². The van der Waals surface area contributed by atoms with Crippen LogP contribution in [0.2, 0.25) is 0 Å². The number of carbonyl (C=O) groups excluding carboxylic acids is 3. The molecule has 0 radical (unpaired) electrons. The zero-order chi connectivity index (χ0) is 25.8. The average Bonchev–Trinajstić information content (AvgIpc) is 3.62. The standard InChI is InChI=1S/C26H39N3O5S/c1-16-14-17(10-13-21(16)30)22(23(31)27-18-8-6-5-7-9-18)29(19-11-12-19)24(32)20(15-35)28-25(33)34-26(2,3)4/h10,13-14,18-20,22,30,35H,5-9,11-12,15H2,1-4H3,(H,27,31)(H,28,33). The van der Waals surface area contributed by atoms with Crippen LogP contribution in [0.3, 0.4) is 0 Å². The molecule has 35 heavy (non-hydrogen) atoms. The monoisotopic (exact) mass is 505 g/mol. The summed E-state index contributed by atoms with van der Waals surface area (Å²) in [5, 5.41) is 15.9. The van der Waals surface area contributed by atoms with Crippen LogP contribution in [0.5, 0.6) is 5.75 Å². The number of amides is 3. The third kappa shape index (κ3) is 7.53. The molecule has 0 aliphatic heterocycles. The van der Waals surface area contributed by atoms with Gasteiger partial charge in [0.25, 0.3) is 0 Å². The van der Waals surface area contributed by atoms with Gasteiger partial charge >= 0.3 is 6.09 Å². The van der Waals surface area contributed by atoms with E-state index in [9.17, 15) is 19.5 Å². The van der Waals surface area contributed by atoms with Crippen molar-refractivity contribution in [1.29, 1.82) is 0 Å². The number of phenols is 1. The van der Waals surface area contributed by atoms with E-state index in [0.29, 0.717) is 11.1 Å². The normalized spacial score (nSPS) is 18.3. The molecule has 3 rings (SSSR count). The number of aromatic hydroxyl groups is 1. The summed E-state index contributed by atoms with van der Waals surface area (Å²) in [6.07, 6.45) is 6.00. The Balaban J connectivity index is 1.91. The molecule has 0 spiro atoms. The lowest BCUT2D eigenvalue weighted by atomic mass is 9.94. The van der Waals surface area contributed by atoms with Crippen molar-refractivity contribution in [2.75, 3.05) is 5.75 Å². The molecular formula is C26H39N3O5S. The van der Waals surface area contributed by atoms with Crippen LogP contribution in [0.4, 0.5) is 4.79 Å². The van der Waals surface area contributed by atoms with E-state index in [1.54, 1.807) is 50.8 Å². The SMILES string of the molecule is Cc1cc(C(C(=O)NC2CCCCC2)N(C(=O)C(CS)NC(=O)OC(C)(C)C)C2CC2)ccc1O. The first-order valence-electron chi connectivity index (χ1n) is 12.5. The fourth-order valence-electron chi connectivity index (χ4n) is 4.50. The quantitative estimate of drug-likeness (QED) is 0.400. The maximum absolute atomic E-state index is 13.8. The van der Waals surface area contributed by atoms with Gasteiger partial charge in [-0.1, -0.05) is 25.3 Å². The summed E-state index contributed by atoms with van der Waals surface area (Å²) in [6, 6.07) is 3.13. The molecule has 1 aromatic carbocycles. The van der Waals surface area contributed by atoms with Crippen molar-refractivity contribution in [2.45, 2.75) is 102 Å². The van der Waals surface area contributed by atoms with Crippen molar-refractivity contribution in [2.24, 2.45) is 0 Å². The number of benzene rings is 1. The van der Waals surface area contributed by atoms with Gasteiger partial charge in [-0.05, 0) is 76.6 Å². The van der Waals surface area contributed by atoms with Gasteiger partial charge in [-0.15, -0.1) is 0 Å². The van der Waals surface area contributed by atoms with Crippen molar-refractivity contribution in [3.05, 3.63) is 29.3 Å². The number of hydrogen-bond donors (Lipinski definition) is 4. The van der Waals surface area contributed by atoms with Crippen molar-refractivity contribution in [1.82, 2.24) is 15.5 Å². The molecule has 9 heteroatoms. The molecule has 0 saturated heterocycles. The van der Waals surface area contributed by atoms with Crippen LogP contribution in [0.25, 0.3) is 0 Å². The van der Waals surface area contributed by atoms with E-state index in [4.69, 9.17) is 4.74 Å². The van der Waals surface area contributed by atoms with Crippen LogP contribution in [0, 0.1) is 6.92 Å². The number of aryl methyl sites for hydroxylation is 1. The molecule has 0 heterocycles. The molecule has 2 aliphatic rings. The molecule has 1 aromatic rings. The Kier molecular flexibility index (Phi) is 8.96. The van der Waals surface area contributed by atoms with E-state index in [2.05, 4.69) is 23.3 Å². The van der Waals surface area contributed by atoms with Gasteiger partial charge in [0.1, 0.15) is 23.4 Å². The highest BCUT2D eigenvalue weighted by Crippen LogP contribution is 2.37. The topological polar surface area (TPSA) is 108 Å². The molecule has 2 aliphatic carbocycles. The summed E-state index contributed by atoms with van der Waals surface area (Å²) in [5.74, 6) is -0.419. The van der Waals surface area contributed by atoms with Crippen LogP contribution in [-0.2, 0) is 14.3 Å². The molecule has 0 aromatic heterocycles. The smallest absolute Gasteiger partial charge is 0.408 e. The van der Waals surface area contributed by atoms with Gasteiger partial charge in [0.15, 0.2) is 0 Å². The number of nitrogens with zero attached hydrogens (tertiary/aromatic N) is 1. The van der Waals surface area contributed by atoms with Gasteiger partial charge in [0.2, 0.25) is 11.8 Å². The van der Waals surface area contributed by atoms with Crippen molar-refractivity contribution >= 4 is 30.5 Å². The Morgan fingerprint density at radius 2 is 1.80 bits per heavy atom. The van der Waals surface area contributed by atoms with Gasteiger partial charge in [0, 0.05) is 17.8 Å². The van der Waals surface area contributed by atoms with Crippen LogP contribution in [0.1, 0.15) is 82.9 Å². The van der Waals surface area contributed by atoms with Crippen molar-refractivity contribution in [3.8, 4) is 5.75 Å². The molecular weight excluding hydrogens is 466 g/mol. The van der Waals surface area contributed by atoms with E-state index in [0.717, 1.165) is 38.5 Å². The molecule has 2 unspecified atom stereocenters. The van der Waals surface area contributed by atoms with Crippen LogP contribution >= 0.6 is 12.6 Å². The second kappa shape index (κ2) is 11.5. The Labute approximate surface area is 213 Å². The summed E-state index contributed by atoms with van der Waals surface area (Å²) in [5.41, 5.74) is 0.541. The number of hydrogen-bond acceptors (Lipinski definition) is 6. The molecule has 3 amide bonds. The minimum atomic E-state index is -0.947. The van der Waals surface area contributed by atoms with E-state index in [1.807, 2.05) is 0 Å². The first kappa shape index (κ1) is 27.2. The van der Waals surface area contributed by atoms with E-state index in [-0.39, 0.29) is 35.4 Å². The number of nitrogens with one attached hydrogen (secondary N) is 2. The fourth-order valence-corrected chi connectivity index (χ4v) is 4.75. The summed E-state index contributed by atoms with van der Waals surface area (Å²) in [7, 11) is 0. The molecule has 194 valence electrons. The summed E-state index contributed by atoms with van der Waals surface area (Å²) < 4.78 is 5.34. The highest BCUT2D eigenvalue weighted by molar-refractivity contribution is 7.80. The third-order valence-corrected chi connectivity index (χ3v) is 6.75. The molecule has 0 bridgehead atoms. The molecule has 2 fully saturated rings. The Hall–Kier alpha value is -2.42. The summed E-state index contributed by atoms with van der Waals surface area (Å²) in [4.78, 5) is 41.5. The molecule has 2 atom stereocenters. The maximum Gasteiger partial charge on any atom is 0.408 e. The van der Waals surface area contributed by atoms with Gasteiger partial charge in [-0.2, -0.15) is 12.6 Å². The zero-order valence-electron chi connectivity index (χ0n) is 21.2. The van der Waals surface area contributed by atoms with E-state index < -0.39 is 23.8 Å². The van der Waals surface area contributed by atoms with Gasteiger partial charge < -0.3 is 25.4 Å². The molecule has 3 N–H and O–H groups in total. The lowest BCUT2D eigenvalue weighted by Gasteiger charge is -2.35. The molecule has 2 saturated carbocycles. The number of thiol groups is 1. The lowest BCUT2D eigenvalue weighted by molar-refractivity contribution is -0.143. The fraction of sp³-hybridized carbons (Fsp3) is 0.654. The number of rotatable bonds is 8. The van der Waals surface area contributed by atoms with Crippen molar-refractivity contribution in [3.63, 3.8) is 0 Å². The summed E-state index contributed by atoms with van der Waals surface area (Å²) >= 11 is 4.32. The molecule has 8 nitrogen and oxygen atoms in total. The number of phenolic OH excluding ortho intramolecular Hbond substituents is 1. The minimum Gasteiger partial charge on any atom is -0.508 e. The second-order valence-electron chi connectivity index (χ2n) is 10.7. The summed E-state index contributed by atoms with van der Waals surface area (Å²) in [6.45, 7) is 7.01. The lowest BCUT2D eigenvalue weighted by Crippen LogP contribution is -2.55. The Morgan fingerprint density at radius 3 is 2.34 bits per heavy atom. The van der Waals surface area contributed by atoms with E-state index >= 15 is 0 Å². The van der Waals surface area contributed by atoms with Crippen LogP contribution in [-0.4, -0.2) is 57.4 Å². The Bertz CT molecular complexity index is 922. The number of carbonyl (C=O) groups is 3. The maximum atomic E-state index is 13.8. The average molecular weight is 506 g/mol. The number of ether oxygens (including phenoxy) is 1. The first-order valence-corrected chi connectivity index (χ1v) is 13.2. The largest absolute Gasteiger partial charge is 0.508 e. The van der Waals surface area contributed by atoms with Gasteiger partial charge in [-0.25, -0.2) is 4.79 Å². The van der Waals surface area contributed by atoms with Crippen LogP contribution < -0.4 is 10.6 Å². The first-order chi connectivity index (χ1) is 16.5. The zero-order valence-corrected chi connectivity index (χ0v) is 22.1. The van der Waals surface area contributed by atoms with Crippen LogP contribution in [0.15, 0.2) is 18.2 Å². The number of alkyl carbamates (subject to hydrolysis) is 1. The second-order valence-corrected chi connectivity index (χ2v) is 11.0. The highest BCUT2D eigenvalue weighted by atomic mass is 32.1. The van der Waals surface area contributed by atoms with Gasteiger partial charge in [-0.3, -0.25) is 9.59 Å². The highest BCUT2D eigenvalue weighted by Gasteiger charge is 2.44. The predicted molar refractivity (Wildman–Crippen MR) is 137 cm³/mol. The van der Waals surface area contributed by atoms with Crippen molar-refractivity contribution < 1.29 is 24.2 Å². The Morgan fingerprint density at radius 1 is 1.14 bits per heavy atom.